The van der Waals surface area contributed by atoms with E-state index in [1.165, 1.54) is 25.3 Å². The van der Waals surface area contributed by atoms with Gasteiger partial charge >= 0.3 is 0 Å². The van der Waals surface area contributed by atoms with Gasteiger partial charge in [0.15, 0.2) is 0 Å². The summed E-state index contributed by atoms with van der Waals surface area (Å²) < 4.78 is 0. The van der Waals surface area contributed by atoms with E-state index in [1.54, 1.807) is 17.0 Å². The Morgan fingerprint density at radius 2 is 1.80 bits per heavy atom. The molecule has 2 aromatic rings. The summed E-state index contributed by atoms with van der Waals surface area (Å²) in [5.74, 6) is -0.300. The molecule has 0 heterocycles. The number of carbonyl (C=O) groups excluding carboxylic acids is 2. The zero-order valence-corrected chi connectivity index (χ0v) is 18.2. The molecule has 0 aliphatic heterocycles. The molecule has 0 radical (unpaired) electrons. The molecule has 2 amide bonds. The Kier molecular flexibility index (Phi) is 8.09. The first-order valence-corrected chi connectivity index (χ1v) is 10.9. The number of nitrogens with one attached hydrogen (secondary N) is 1. The van der Waals surface area contributed by atoms with Gasteiger partial charge in [-0.3, -0.25) is 9.59 Å². The minimum absolute atomic E-state index is 0.149. The topological polar surface area (TPSA) is 49.4 Å². The van der Waals surface area contributed by atoms with E-state index in [-0.39, 0.29) is 11.8 Å². The van der Waals surface area contributed by atoms with Gasteiger partial charge in [-0.05, 0) is 55.4 Å². The Balaban J connectivity index is 1.77. The molecule has 1 N–H and O–H groups in total. The molecule has 4 nitrogen and oxygen atoms in total. The molecule has 0 spiro atoms. The molecule has 1 aliphatic rings. The van der Waals surface area contributed by atoms with E-state index in [2.05, 4.69) is 11.4 Å². The summed E-state index contributed by atoms with van der Waals surface area (Å²) in [7, 11) is 0. The van der Waals surface area contributed by atoms with Gasteiger partial charge in [-0.15, -0.1) is 0 Å². The minimum Gasteiger partial charge on any atom is -0.354 e. The predicted octanol–water partition coefficient (Wildman–Crippen LogP) is 5.44. The molecule has 0 saturated heterocycles. The summed E-state index contributed by atoms with van der Waals surface area (Å²) in [6.07, 6.45) is 7.90. The second-order valence-electron chi connectivity index (χ2n) is 7.74. The van der Waals surface area contributed by atoms with Crippen LogP contribution in [0.15, 0.2) is 66.2 Å². The van der Waals surface area contributed by atoms with Crippen LogP contribution in [0.25, 0.3) is 0 Å². The Labute approximate surface area is 183 Å². The number of allylic oxidation sites excluding steroid dienone is 1. The molecule has 1 atom stereocenters. The van der Waals surface area contributed by atoms with Crippen LogP contribution in [0.1, 0.15) is 56.2 Å². The lowest BCUT2D eigenvalue weighted by Crippen LogP contribution is -2.42. The first-order valence-electron chi connectivity index (χ1n) is 10.6. The predicted molar refractivity (Wildman–Crippen MR) is 121 cm³/mol. The summed E-state index contributed by atoms with van der Waals surface area (Å²) in [5.41, 5.74) is 3.15. The number of hydrogen-bond donors (Lipinski definition) is 1. The summed E-state index contributed by atoms with van der Waals surface area (Å²) in [4.78, 5) is 27.4. The van der Waals surface area contributed by atoms with Gasteiger partial charge in [-0.25, -0.2) is 0 Å². The molecular formula is C25H29ClN2O2. The van der Waals surface area contributed by atoms with Gasteiger partial charge in [0.1, 0.15) is 6.04 Å². The number of benzene rings is 2. The lowest BCUT2D eigenvalue weighted by Gasteiger charge is -2.31. The van der Waals surface area contributed by atoms with Gasteiger partial charge in [0.2, 0.25) is 11.8 Å². The maximum Gasteiger partial charge on any atom is 0.247 e. The van der Waals surface area contributed by atoms with E-state index in [4.69, 9.17) is 11.6 Å². The second kappa shape index (κ2) is 11.0. The van der Waals surface area contributed by atoms with Gasteiger partial charge in [0.25, 0.3) is 0 Å². The maximum atomic E-state index is 13.2. The first kappa shape index (κ1) is 22.1. The van der Waals surface area contributed by atoms with Crippen molar-refractivity contribution in [2.24, 2.45) is 0 Å². The second-order valence-corrected chi connectivity index (χ2v) is 8.17. The van der Waals surface area contributed by atoms with Gasteiger partial charge in [-0.2, -0.15) is 0 Å². The monoisotopic (exact) mass is 424 g/mol. The average Bonchev–Trinajstić information content (AvgIpc) is 2.76. The number of nitrogens with zero attached hydrogens (tertiary/aromatic N) is 1. The molecule has 2 aromatic carbocycles. The number of hydrogen-bond acceptors (Lipinski definition) is 2. The normalized spacial score (nSPS) is 14.5. The van der Waals surface area contributed by atoms with E-state index < -0.39 is 6.04 Å². The zero-order valence-electron chi connectivity index (χ0n) is 17.4. The third-order valence-corrected chi connectivity index (χ3v) is 5.73. The molecule has 0 saturated carbocycles. The third kappa shape index (κ3) is 6.20. The summed E-state index contributed by atoms with van der Waals surface area (Å²) >= 11 is 5.99. The van der Waals surface area contributed by atoms with Gasteiger partial charge < -0.3 is 10.2 Å². The molecule has 5 heteroatoms. The van der Waals surface area contributed by atoms with E-state index >= 15 is 0 Å². The van der Waals surface area contributed by atoms with Crippen molar-refractivity contribution in [3.63, 3.8) is 0 Å². The molecular weight excluding hydrogens is 396 g/mol. The smallest absolute Gasteiger partial charge is 0.247 e. The fraction of sp³-hybridized carbons (Fsp3) is 0.360. The SMILES string of the molecule is CC(=O)N(Cc1ccc(Cl)cc1)C(C(=O)NCCC1=CCCCC1)c1ccccc1. The van der Waals surface area contributed by atoms with Gasteiger partial charge in [0.05, 0.1) is 0 Å². The molecule has 0 bridgehead atoms. The number of halogens is 1. The highest BCUT2D eigenvalue weighted by molar-refractivity contribution is 6.30. The van der Waals surface area contributed by atoms with Crippen LogP contribution in [-0.4, -0.2) is 23.3 Å². The van der Waals surface area contributed by atoms with Crippen molar-refractivity contribution in [3.05, 3.63) is 82.4 Å². The van der Waals surface area contributed by atoms with E-state index in [0.717, 1.165) is 30.4 Å². The standard InChI is InChI=1S/C25H29ClN2O2/c1-19(29)28(18-21-12-14-23(26)15-13-21)24(22-10-6-3-7-11-22)25(30)27-17-16-20-8-4-2-5-9-20/h3,6-8,10-15,24H,2,4-5,9,16-18H2,1H3,(H,27,30). The van der Waals surface area contributed by atoms with E-state index in [1.807, 2.05) is 42.5 Å². The van der Waals surface area contributed by atoms with Crippen LogP contribution in [0, 0.1) is 0 Å². The Bertz CT molecular complexity index is 878. The zero-order chi connectivity index (χ0) is 21.3. The summed E-state index contributed by atoms with van der Waals surface area (Å²) in [6.45, 7) is 2.43. The van der Waals surface area contributed by atoms with Crippen molar-refractivity contribution in [3.8, 4) is 0 Å². The van der Waals surface area contributed by atoms with Gasteiger partial charge in [0, 0.05) is 25.0 Å². The lowest BCUT2D eigenvalue weighted by molar-refractivity contribution is -0.140. The maximum absolute atomic E-state index is 13.2. The van der Waals surface area contributed by atoms with Crippen molar-refractivity contribution < 1.29 is 9.59 Å². The molecule has 158 valence electrons. The van der Waals surface area contributed by atoms with Crippen molar-refractivity contribution in [2.45, 2.75) is 51.6 Å². The Morgan fingerprint density at radius 1 is 1.07 bits per heavy atom. The highest BCUT2D eigenvalue weighted by Crippen LogP contribution is 2.25. The average molecular weight is 425 g/mol. The van der Waals surface area contributed by atoms with Crippen LogP contribution in [0.4, 0.5) is 0 Å². The summed E-state index contributed by atoms with van der Waals surface area (Å²) in [6, 6.07) is 16.2. The number of rotatable bonds is 8. The van der Waals surface area contributed by atoms with Gasteiger partial charge in [-0.1, -0.05) is 65.7 Å². The summed E-state index contributed by atoms with van der Waals surface area (Å²) in [5, 5.41) is 3.71. The molecule has 0 fully saturated rings. The first-order chi connectivity index (χ1) is 14.5. The molecule has 0 aromatic heterocycles. The van der Waals surface area contributed by atoms with Crippen LogP contribution in [-0.2, 0) is 16.1 Å². The minimum atomic E-state index is -0.681. The third-order valence-electron chi connectivity index (χ3n) is 5.48. The lowest BCUT2D eigenvalue weighted by atomic mass is 9.97. The molecule has 1 aliphatic carbocycles. The van der Waals surface area contributed by atoms with E-state index in [0.29, 0.717) is 18.1 Å². The fourth-order valence-corrected chi connectivity index (χ4v) is 3.98. The number of amides is 2. The van der Waals surface area contributed by atoms with Crippen molar-refractivity contribution >= 4 is 23.4 Å². The highest BCUT2D eigenvalue weighted by Gasteiger charge is 2.29. The molecule has 1 unspecified atom stereocenters. The number of carbonyl (C=O) groups is 2. The highest BCUT2D eigenvalue weighted by atomic mass is 35.5. The largest absolute Gasteiger partial charge is 0.354 e. The molecule has 3 rings (SSSR count). The Morgan fingerprint density at radius 3 is 2.43 bits per heavy atom. The van der Waals surface area contributed by atoms with Crippen LogP contribution < -0.4 is 5.32 Å². The van der Waals surface area contributed by atoms with Crippen LogP contribution >= 0.6 is 11.6 Å². The Hall–Kier alpha value is -2.59. The van der Waals surface area contributed by atoms with Crippen LogP contribution in [0.3, 0.4) is 0 Å². The van der Waals surface area contributed by atoms with Crippen molar-refractivity contribution in [2.75, 3.05) is 6.54 Å². The van der Waals surface area contributed by atoms with Crippen LogP contribution in [0.2, 0.25) is 5.02 Å². The molecule has 30 heavy (non-hydrogen) atoms. The quantitative estimate of drug-likeness (QED) is 0.574. The van der Waals surface area contributed by atoms with Crippen molar-refractivity contribution in [1.29, 1.82) is 0 Å². The van der Waals surface area contributed by atoms with Crippen molar-refractivity contribution in [1.82, 2.24) is 10.2 Å². The fourth-order valence-electron chi connectivity index (χ4n) is 3.85. The van der Waals surface area contributed by atoms with E-state index in [9.17, 15) is 9.59 Å². The van der Waals surface area contributed by atoms with Crippen LogP contribution in [0.5, 0.6) is 0 Å².